The minimum atomic E-state index is -0.121. The van der Waals surface area contributed by atoms with Gasteiger partial charge < -0.3 is 4.98 Å². The number of aromatic amines is 1. The molecular formula is C5H3Br2NO. The van der Waals surface area contributed by atoms with E-state index >= 15 is 0 Å². The maximum Gasteiger partial charge on any atom is 0.263 e. The minimum absolute atomic E-state index is 0.121. The van der Waals surface area contributed by atoms with Gasteiger partial charge in [-0.3, -0.25) is 4.79 Å². The van der Waals surface area contributed by atoms with Crippen LogP contribution in [-0.4, -0.2) is 4.98 Å². The molecule has 0 aliphatic carbocycles. The summed E-state index contributed by atoms with van der Waals surface area (Å²) in [5.41, 5.74) is -0.121. The molecule has 0 spiro atoms. The third-order valence-electron chi connectivity index (χ3n) is 0.853. The molecule has 0 aromatic carbocycles. The number of rotatable bonds is 0. The fourth-order valence-corrected chi connectivity index (χ4v) is 0.994. The van der Waals surface area contributed by atoms with E-state index in [-0.39, 0.29) is 5.56 Å². The second-order valence-corrected chi connectivity index (χ2v) is 3.12. The standard InChI is InChI=1S/C5H3Br2NO/c6-3-1-2-8-5(9)4(3)7/h1-2H,(H,8,9). The third-order valence-corrected chi connectivity index (χ3v) is 2.83. The summed E-state index contributed by atoms with van der Waals surface area (Å²) in [5.74, 6) is 0. The monoisotopic (exact) mass is 251 g/mol. The summed E-state index contributed by atoms with van der Waals surface area (Å²) in [6.45, 7) is 0. The molecule has 0 radical (unpaired) electrons. The lowest BCUT2D eigenvalue weighted by atomic mass is 10.5. The Morgan fingerprint density at radius 1 is 1.44 bits per heavy atom. The van der Waals surface area contributed by atoms with E-state index in [0.29, 0.717) is 4.47 Å². The van der Waals surface area contributed by atoms with Crippen molar-refractivity contribution in [3.05, 3.63) is 31.6 Å². The van der Waals surface area contributed by atoms with Crippen molar-refractivity contribution in [2.45, 2.75) is 0 Å². The molecule has 0 atom stereocenters. The summed E-state index contributed by atoms with van der Waals surface area (Å²) < 4.78 is 1.30. The summed E-state index contributed by atoms with van der Waals surface area (Å²) in [6, 6.07) is 1.76. The second-order valence-electron chi connectivity index (χ2n) is 1.47. The molecule has 0 saturated heterocycles. The van der Waals surface area contributed by atoms with Crippen molar-refractivity contribution in [1.82, 2.24) is 4.98 Å². The number of hydrogen-bond donors (Lipinski definition) is 1. The molecular weight excluding hydrogens is 250 g/mol. The van der Waals surface area contributed by atoms with Gasteiger partial charge in [0.05, 0.1) is 4.47 Å². The van der Waals surface area contributed by atoms with Crippen LogP contribution in [0.15, 0.2) is 26.0 Å². The summed E-state index contributed by atoms with van der Waals surface area (Å²) in [6.07, 6.45) is 1.58. The highest BCUT2D eigenvalue weighted by Crippen LogP contribution is 2.16. The molecule has 0 unspecified atom stereocenters. The highest BCUT2D eigenvalue weighted by atomic mass is 79.9. The Hall–Kier alpha value is -0.0900. The van der Waals surface area contributed by atoms with Crippen molar-refractivity contribution in [2.75, 3.05) is 0 Å². The van der Waals surface area contributed by atoms with Gasteiger partial charge in [0.1, 0.15) is 0 Å². The van der Waals surface area contributed by atoms with E-state index in [9.17, 15) is 4.79 Å². The van der Waals surface area contributed by atoms with Gasteiger partial charge in [-0.25, -0.2) is 0 Å². The van der Waals surface area contributed by atoms with Crippen LogP contribution in [0.25, 0.3) is 0 Å². The Labute approximate surface area is 68.5 Å². The van der Waals surface area contributed by atoms with Crippen molar-refractivity contribution in [3.8, 4) is 0 Å². The first kappa shape index (κ1) is 7.02. The first-order chi connectivity index (χ1) is 4.22. The molecule has 1 N–H and O–H groups in total. The summed E-state index contributed by atoms with van der Waals surface area (Å²) in [4.78, 5) is 13.2. The van der Waals surface area contributed by atoms with Crippen molar-refractivity contribution < 1.29 is 0 Å². The molecule has 2 nitrogen and oxygen atoms in total. The van der Waals surface area contributed by atoms with Gasteiger partial charge in [-0.15, -0.1) is 0 Å². The van der Waals surface area contributed by atoms with Crippen LogP contribution >= 0.6 is 31.9 Å². The molecule has 0 fully saturated rings. The number of aromatic nitrogens is 1. The van der Waals surface area contributed by atoms with E-state index < -0.39 is 0 Å². The van der Waals surface area contributed by atoms with Gasteiger partial charge in [0.25, 0.3) is 5.56 Å². The third kappa shape index (κ3) is 1.43. The quantitative estimate of drug-likeness (QED) is 0.752. The molecule has 0 saturated carbocycles. The summed E-state index contributed by atoms with van der Waals surface area (Å²) in [5, 5.41) is 0. The van der Waals surface area contributed by atoms with Crippen LogP contribution in [0.1, 0.15) is 0 Å². The summed E-state index contributed by atoms with van der Waals surface area (Å²) >= 11 is 6.27. The van der Waals surface area contributed by atoms with Crippen LogP contribution < -0.4 is 5.56 Å². The molecule has 1 aromatic heterocycles. The van der Waals surface area contributed by atoms with Crippen molar-refractivity contribution in [2.24, 2.45) is 0 Å². The zero-order valence-electron chi connectivity index (χ0n) is 4.32. The molecule has 1 rings (SSSR count). The van der Waals surface area contributed by atoms with E-state index in [0.717, 1.165) is 4.47 Å². The number of hydrogen-bond acceptors (Lipinski definition) is 1. The smallest absolute Gasteiger partial charge is 0.263 e. The molecule has 48 valence electrons. The molecule has 4 heteroatoms. The number of halogens is 2. The van der Waals surface area contributed by atoms with Gasteiger partial charge >= 0.3 is 0 Å². The fraction of sp³-hybridized carbons (Fsp3) is 0. The SMILES string of the molecule is O=c1[nH]ccc(Br)c1Br. The van der Waals surface area contributed by atoms with E-state index in [1.54, 1.807) is 12.3 Å². The lowest BCUT2D eigenvalue weighted by Crippen LogP contribution is -2.04. The van der Waals surface area contributed by atoms with E-state index in [2.05, 4.69) is 36.8 Å². The molecule has 0 bridgehead atoms. The minimum Gasteiger partial charge on any atom is -0.328 e. The van der Waals surface area contributed by atoms with Crippen molar-refractivity contribution in [3.63, 3.8) is 0 Å². The predicted molar refractivity (Wildman–Crippen MR) is 42.5 cm³/mol. The van der Waals surface area contributed by atoms with Crippen LogP contribution in [0.5, 0.6) is 0 Å². The Kier molecular flexibility index (Phi) is 2.08. The lowest BCUT2D eigenvalue weighted by molar-refractivity contribution is 1.20. The van der Waals surface area contributed by atoms with Crippen molar-refractivity contribution in [1.29, 1.82) is 0 Å². The Balaban J connectivity index is 3.43. The van der Waals surface area contributed by atoms with Gasteiger partial charge in [-0.2, -0.15) is 0 Å². The first-order valence-electron chi connectivity index (χ1n) is 2.24. The van der Waals surface area contributed by atoms with Crippen LogP contribution in [-0.2, 0) is 0 Å². The Bertz CT molecular complexity index is 268. The van der Waals surface area contributed by atoms with Crippen LogP contribution in [0.2, 0.25) is 0 Å². The fourth-order valence-electron chi connectivity index (χ4n) is 0.436. The topological polar surface area (TPSA) is 32.9 Å². The first-order valence-corrected chi connectivity index (χ1v) is 3.83. The molecule has 9 heavy (non-hydrogen) atoms. The predicted octanol–water partition coefficient (Wildman–Crippen LogP) is 1.90. The maximum absolute atomic E-state index is 10.7. The molecule has 0 aliphatic rings. The molecule has 0 amide bonds. The zero-order chi connectivity index (χ0) is 6.85. The van der Waals surface area contributed by atoms with Gasteiger partial charge in [-0.1, -0.05) is 0 Å². The lowest BCUT2D eigenvalue weighted by Gasteiger charge is -1.89. The zero-order valence-corrected chi connectivity index (χ0v) is 7.49. The van der Waals surface area contributed by atoms with Gasteiger partial charge in [0.15, 0.2) is 0 Å². The molecule has 1 heterocycles. The van der Waals surface area contributed by atoms with E-state index in [1.165, 1.54) is 0 Å². The van der Waals surface area contributed by atoms with Gasteiger partial charge in [0, 0.05) is 10.7 Å². The van der Waals surface area contributed by atoms with Gasteiger partial charge in [0.2, 0.25) is 0 Å². The number of H-pyrrole nitrogens is 1. The number of pyridine rings is 1. The number of nitrogens with one attached hydrogen (secondary N) is 1. The average molecular weight is 253 g/mol. The Morgan fingerprint density at radius 2 is 2.11 bits per heavy atom. The highest BCUT2D eigenvalue weighted by Gasteiger charge is 1.96. The highest BCUT2D eigenvalue weighted by molar-refractivity contribution is 9.13. The molecule has 0 aliphatic heterocycles. The normalized spacial score (nSPS) is 9.56. The summed E-state index contributed by atoms with van der Waals surface area (Å²) in [7, 11) is 0. The molecule has 1 aromatic rings. The average Bonchev–Trinajstić information content (AvgIpc) is 1.83. The Morgan fingerprint density at radius 3 is 2.56 bits per heavy atom. The van der Waals surface area contributed by atoms with Crippen LogP contribution in [0.3, 0.4) is 0 Å². The second kappa shape index (κ2) is 2.66. The van der Waals surface area contributed by atoms with Gasteiger partial charge in [-0.05, 0) is 37.9 Å². The van der Waals surface area contributed by atoms with Crippen LogP contribution in [0, 0.1) is 0 Å². The van der Waals surface area contributed by atoms with Crippen LogP contribution in [0.4, 0.5) is 0 Å². The van der Waals surface area contributed by atoms with E-state index in [4.69, 9.17) is 0 Å². The van der Waals surface area contributed by atoms with Crippen molar-refractivity contribution >= 4 is 31.9 Å². The van der Waals surface area contributed by atoms with E-state index in [1.807, 2.05) is 0 Å². The maximum atomic E-state index is 10.7. The largest absolute Gasteiger partial charge is 0.328 e.